The molecule has 25 heavy (non-hydrogen) atoms. The molecule has 0 saturated heterocycles. The maximum Gasteiger partial charge on any atom is 0.252 e. The van der Waals surface area contributed by atoms with Gasteiger partial charge in [0.15, 0.2) is 0 Å². The molecule has 0 aromatic heterocycles. The fourth-order valence-corrected chi connectivity index (χ4v) is 4.17. The smallest absolute Gasteiger partial charge is 0.252 e. The lowest BCUT2D eigenvalue weighted by atomic mass is 10.1. The molecule has 2 aromatic carbocycles. The predicted octanol–water partition coefficient (Wildman–Crippen LogP) is 3.13. The Bertz CT molecular complexity index is 908. The van der Waals surface area contributed by atoms with E-state index in [9.17, 15) is 13.2 Å². The second kappa shape index (κ2) is 7.27. The van der Waals surface area contributed by atoms with Gasteiger partial charge in [0.25, 0.3) is 5.91 Å². The van der Waals surface area contributed by atoms with Crippen molar-refractivity contribution in [2.75, 3.05) is 0 Å². The molecule has 2 N–H and O–H groups in total. The fourth-order valence-electron chi connectivity index (χ4n) is 2.41. The van der Waals surface area contributed by atoms with Gasteiger partial charge in [0.05, 0.1) is 10.5 Å². The van der Waals surface area contributed by atoms with E-state index in [-0.39, 0.29) is 16.8 Å². The monoisotopic (exact) mass is 422 g/mol. The van der Waals surface area contributed by atoms with Crippen LogP contribution in [0.5, 0.6) is 0 Å². The standard InChI is InChI=1S/C18H19BrN2O3S/c1-12-4-2-3-5-13(12)11-20-18(22)16-10-15(8-9-17(16)19)25(23,24)21-14-6-7-14/h2-5,8-10,14,21H,6-7,11H2,1H3,(H,20,22). The molecule has 5 nitrogen and oxygen atoms in total. The highest BCUT2D eigenvalue weighted by molar-refractivity contribution is 9.10. The Morgan fingerprint density at radius 3 is 2.60 bits per heavy atom. The van der Waals surface area contributed by atoms with Gasteiger partial charge >= 0.3 is 0 Å². The number of amides is 1. The van der Waals surface area contributed by atoms with Crippen LogP contribution in [0.4, 0.5) is 0 Å². The normalized spacial score (nSPS) is 14.3. The van der Waals surface area contributed by atoms with Crippen LogP contribution >= 0.6 is 15.9 Å². The molecule has 0 radical (unpaired) electrons. The first-order valence-corrected chi connectivity index (χ1v) is 10.3. The number of benzene rings is 2. The van der Waals surface area contributed by atoms with E-state index in [4.69, 9.17) is 0 Å². The lowest BCUT2D eigenvalue weighted by molar-refractivity contribution is 0.0950. The Morgan fingerprint density at radius 2 is 1.92 bits per heavy atom. The highest BCUT2D eigenvalue weighted by atomic mass is 79.9. The summed E-state index contributed by atoms with van der Waals surface area (Å²) in [7, 11) is -3.59. The Labute approximate surface area is 156 Å². The molecule has 1 saturated carbocycles. The van der Waals surface area contributed by atoms with E-state index >= 15 is 0 Å². The number of hydrogen-bond acceptors (Lipinski definition) is 3. The quantitative estimate of drug-likeness (QED) is 0.750. The lowest BCUT2D eigenvalue weighted by Crippen LogP contribution is -2.27. The Morgan fingerprint density at radius 1 is 1.20 bits per heavy atom. The summed E-state index contributed by atoms with van der Waals surface area (Å²) in [5.74, 6) is -0.321. The molecule has 0 heterocycles. The highest BCUT2D eigenvalue weighted by Gasteiger charge is 2.28. The zero-order valence-electron chi connectivity index (χ0n) is 13.8. The van der Waals surface area contributed by atoms with Crippen molar-refractivity contribution in [3.05, 3.63) is 63.6 Å². The highest BCUT2D eigenvalue weighted by Crippen LogP contribution is 2.25. The van der Waals surface area contributed by atoms with E-state index in [1.165, 1.54) is 12.1 Å². The number of sulfonamides is 1. The number of carbonyl (C=O) groups is 1. The van der Waals surface area contributed by atoms with E-state index in [0.717, 1.165) is 24.0 Å². The van der Waals surface area contributed by atoms with E-state index in [1.807, 2.05) is 31.2 Å². The Hall–Kier alpha value is -1.70. The number of nitrogens with one attached hydrogen (secondary N) is 2. The largest absolute Gasteiger partial charge is 0.348 e. The molecule has 0 unspecified atom stereocenters. The molecule has 0 spiro atoms. The molecule has 1 aliphatic carbocycles. The third-order valence-electron chi connectivity index (χ3n) is 4.09. The van der Waals surface area contributed by atoms with Gasteiger partial charge in [-0.25, -0.2) is 13.1 Å². The Balaban J connectivity index is 1.77. The summed E-state index contributed by atoms with van der Waals surface area (Å²) in [6, 6.07) is 12.3. The molecule has 2 aromatic rings. The van der Waals surface area contributed by atoms with Gasteiger partial charge in [0.1, 0.15) is 0 Å². The maximum atomic E-state index is 12.5. The van der Waals surface area contributed by atoms with Gasteiger partial charge in [0, 0.05) is 17.1 Å². The molecule has 0 aliphatic heterocycles. The first kappa shape index (κ1) is 18.1. The van der Waals surface area contributed by atoms with Crippen LogP contribution in [-0.2, 0) is 16.6 Å². The molecular formula is C18H19BrN2O3S. The zero-order chi connectivity index (χ0) is 18.0. The third kappa shape index (κ3) is 4.48. The van der Waals surface area contributed by atoms with Crippen molar-refractivity contribution in [2.45, 2.75) is 37.2 Å². The third-order valence-corrected chi connectivity index (χ3v) is 6.30. The van der Waals surface area contributed by atoms with Gasteiger partial charge in [0.2, 0.25) is 10.0 Å². The minimum Gasteiger partial charge on any atom is -0.348 e. The van der Waals surface area contributed by atoms with Crippen LogP contribution < -0.4 is 10.0 Å². The number of rotatable bonds is 6. The summed E-state index contributed by atoms with van der Waals surface area (Å²) in [4.78, 5) is 12.6. The lowest BCUT2D eigenvalue weighted by Gasteiger charge is -2.11. The van der Waals surface area contributed by atoms with Crippen molar-refractivity contribution in [3.63, 3.8) is 0 Å². The van der Waals surface area contributed by atoms with Gasteiger partial charge < -0.3 is 5.32 Å². The van der Waals surface area contributed by atoms with Crippen LogP contribution in [-0.4, -0.2) is 20.4 Å². The molecule has 1 aliphatic rings. The van der Waals surface area contributed by atoms with Crippen LogP contribution in [0.1, 0.15) is 34.3 Å². The van der Waals surface area contributed by atoms with Gasteiger partial charge in [-0.1, -0.05) is 24.3 Å². The van der Waals surface area contributed by atoms with E-state index in [0.29, 0.717) is 16.6 Å². The fraction of sp³-hybridized carbons (Fsp3) is 0.278. The summed E-state index contributed by atoms with van der Waals surface area (Å²) >= 11 is 3.33. The van der Waals surface area contributed by atoms with Crippen LogP contribution in [0.3, 0.4) is 0 Å². The molecule has 0 bridgehead atoms. The minimum atomic E-state index is -3.59. The topological polar surface area (TPSA) is 75.3 Å². The van der Waals surface area contributed by atoms with Crippen molar-refractivity contribution < 1.29 is 13.2 Å². The number of carbonyl (C=O) groups excluding carboxylic acids is 1. The van der Waals surface area contributed by atoms with E-state index in [2.05, 4.69) is 26.0 Å². The summed E-state index contributed by atoms with van der Waals surface area (Å²) in [5.41, 5.74) is 2.41. The summed E-state index contributed by atoms with van der Waals surface area (Å²) < 4.78 is 27.8. The zero-order valence-corrected chi connectivity index (χ0v) is 16.2. The molecule has 7 heteroatoms. The second-order valence-electron chi connectivity index (χ2n) is 6.15. The van der Waals surface area contributed by atoms with Crippen molar-refractivity contribution in [1.29, 1.82) is 0 Å². The summed E-state index contributed by atoms with van der Waals surface area (Å²) in [6.45, 7) is 2.36. The molecule has 3 rings (SSSR count). The molecular weight excluding hydrogens is 404 g/mol. The van der Waals surface area contributed by atoms with Crippen LogP contribution in [0.15, 0.2) is 51.8 Å². The maximum absolute atomic E-state index is 12.5. The van der Waals surface area contributed by atoms with Crippen molar-refractivity contribution in [3.8, 4) is 0 Å². The second-order valence-corrected chi connectivity index (χ2v) is 8.71. The van der Waals surface area contributed by atoms with E-state index in [1.54, 1.807) is 6.07 Å². The van der Waals surface area contributed by atoms with Gasteiger partial charge in [-0.15, -0.1) is 0 Å². The van der Waals surface area contributed by atoms with Gasteiger partial charge in [-0.3, -0.25) is 4.79 Å². The summed E-state index contributed by atoms with van der Waals surface area (Å²) in [5, 5.41) is 2.84. The average Bonchev–Trinajstić information content (AvgIpc) is 3.37. The van der Waals surface area contributed by atoms with Crippen molar-refractivity contribution >= 4 is 31.9 Å². The average molecular weight is 423 g/mol. The van der Waals surface area contributed by atoms with Crippen molar-refractivity contribution in [2.24, 2.45) is 0 Å². The molecule has 132 valence electrons. The number of aryl methyl sites for hydroxylation is 1. The first-order chi connectivity index (χ1) is 11.9. The minimum absolute atomic E-state index is 0.0204. The van der Waals surface area contributed by atoms with Gasteiger partial charge in [-0.2, -0.15) is 0 Å². The van der Waals surface area contributed by atoms with Crippen LogP contribution in [0.2, 0.25) is 0 Å². The Kier molecular flexibility index (Phi) is 5.27. The number of halogens is 1. The van der Waals surface area contributed by atoms with Crippen LogP contribution in [0.25, 0.3) is 0 Å². The summed E-state index contributed by atoms with van der Waals surface area (Å²) in [6.07, 6.45) is 1.72. The van der Waals surface area contributed by atoms with Crippen molar-refractivity contribution in [1.82, 2.24) is 10.0 Å². The SMILES string of the molecule is Cc1ccccc1CNC(=O)c1cc(S(=O)(=O)NC2CC2)ccc1Br. The first-order valence-electron chi connectivity index (χ1n) is 8.01. The number of hydrogen-bond donors (Lipinski definition) is 2. The molecule has 0 atom stereocenters. The molecule has 1 amide bonds. The van der Waals surface area contributed by atoms with Crippen LogP contribution in [0, 0.1) is 6.92 Å². The van der Waals surface area contributed by atoms with Gasteiger partial charge in [-0.05, 0) is 65.0 Å². The predicted molar refractivity (Wildman–Crippen MR) is 99.8 cm³/mol. The van der Waals surface area contributed by atoms with E-state index < -0.39 is 10.0 Å². The molecule has 1 fully saturated rings.